The van der Waals surface area contributed by atoms with Crippen LogP contribution in [0.2, 0.25) is 0 Å². The van der Waals surface area contributed by atoms with Crippen LogP contribution in [-0.4, -0.2) is 18.6 Å². The average molecular weight is 301 g/mol. The Morgan fingerprint density at radius 1 is 1.59 bits per heavy atom. The van der Waals surface area contributed by atoms with Gasteiger partial charge in [-0.15, -0.1) is 0 Å². The predicted octanol–water partition coefficient (Wildman–Crippen LogP) is 2.52. The van der Waals surface area contributed by atoms with E-state index in [0.717, 1.165) is 4.47 Å². The van der Waals surface area contributed by atoms with Crippen LogP contribution in [0.4, 0.5) is 5.69 Å². The summed E-state index contributed by atoms with van der Waals surface area (Å²) < 4.78 is 6.04. The highest BCUT2D eigenvalue weighted by atomic mass is 79.9. The lowest BCUT2D eigenvalue weighted by molar-refractivity contribution is -0.120. The molecule has 5 heteroatoms. The minimum absolute atomic E-state index is 0.226. The maximum absolute atomic E-state index is 11.9. The number of nitrogens with one attached hydrogen (secondary N) is 1. The zero-order chi connectivity index (χ0) is 13.1. The normalized spacial score (nSPS) is 13.9. The highest BCUT2D eigenvalue weighted by molar-refractivity contribution is 9.10. The predicted molar refractivity (Wildman–Crippen MR) is 72.2 cm³/mol. The number of hydrogen-bond acceptors (Lipinski definition) is 3. The Morgan fingerprint density at radius 3 is 2.76 bits per heavy atom. The van der Waals surface area contributed by atoms with Gasteiger partial charge in [0.2, 0.25) is 5.91 Å². The van der Waals surface area contributed by atoms with Crippen molar-refractivity contribution in [1.29, 1.82) is 0 Å². The van der Waals surface area contributed by atoms with E-state index < -0.39 is 5.54 Å². The van der Waals surface area contributed by atoms with Crippen LogP contribution in [0.15, 0.2) is 22.7 Å². The van der Waals surface area contributed by atoms with Crippen molar-refractivity contribution in [2.75, 3.05) is 12.4 Å². The number of benzene rings is 1. The summed E-state index contributed by atoms with van der Waals surface area (Å²) in [6.07, 6.45) is 0.565. The molecule has 0 aliphatic heterocycles. The third-order valence-electron chi connectivity index (χ3n) is 2.66. The van der Waals surface area contributed by atoms with Crippen LogP contribution in [0.1, 0.15) is 20.3 Å². The minimum atomic E-state index is -0.882. The second-order valence-corrected chi connectivity index (χ2v) is 4.99. The standard InChI is InChI=1S/C12H17BrN2O2/c1-4-12(2,14)11(16)15-9-7-8(13)5-6-10(9)17-3/h5-7H,4,14H2,1-3H3,(H,15,16). The zero-order valence-electron chi connectivity index (χ0n) is 10.2. The average Bonchev–Trinajstić information content (AvgIpc) is 2.29. The van der Waals surface area contributed by atoms with Crippen LogP contribution in [0.25, 0.3) is 0 Å². The molecule has 1 atom stereocenters. The van der Waals surface area contributed by atoms with Gasteiger partial charge in [0, 0.05) is 4.47 Å². The van der Waals surface area contributed by atoms with Gasteiger partial charge in [0.05, 0.1) is 18.3 Å². The minimum Gasteiger partial charge on any atom is -0.495 e. The van der Waals surface area contributed by atoms with E-state index in [9.17, 15) is 4.79 Å². The third kappa shape index (κ3) is 3.44. The topological polar surface area (TPSA) is 64.4 Å². The summed E-state index contributed by atoms with van der Waals surface area (Å²) in [6.45, 7) is 3.57. The van der Waals surface area contributed by atoms with Crippen molar-refractivity contribution in [1.82, 2.24) is 0 Å². The first-order chi connectivity index (χ1) is 7.90. The van der Waals surface area contributed by atoms with Gasteiger partial charge in [-0.05, 0) is 31.5 Å². The molecule has 0 spiro atoms. The first kappa shape index (κ1) is 14.0. The van der Waals surface area contributed by atoms with E-state index in [4.69, 9.17) is 10.5 Å². The Bertz CT molecular complexity index is 419. The number of anilines is 1. The lowest BCUT2D eigenvalue weighted by atomic mass is 9.99. The van der Waals surface area contributed by atoms with Crippen LogP contribution in [-0.2, 0) is 4.79 Å². The molecule has 3 N–H and O–H groups in total. The molecule has 1 aromatic rings. The Balaban J connectivity index is 2.95. The molecule has 0 aliphatic carbocycles. The van der Waals surface area contributed by atoms with Gasteiger partial charge in [-0.1, -0.05) is 22.9 Å². The van der Waals surface area contributed by atoms with Gasteiger partial charge >= 0.3 is 0 Å². The molecule has 1 rings (SSSR count). The van der Waals surface area contributed by atoms with Gasteiger partial charge in [0.25, 0.3) is 0 Å². The molecule has 0 bridgehead atoms. The number of ether oxygens (including phenoxy) is 1. The summed E-state index contributed by atoms with van der Waals surface area (Å²) in [7, 11) is 1.56. The molecule has 0 aromatic heterocycles. The molecule has 1 aromatic carbocycles. The van der Waals surface area contributed by atoms with Crippen molar-refractivity contribution in [3.8, 4) is 5.75 Å². The summed E-state index contributed by atoms with van der Waals surface area (Å²) >= 11 is 3.34. The largest absolute Gasteiger partial charge is 0.495 e. The third-order valence-corrected chi connectivity index (χ3v) is 3.16. The summed E-state index contributed by atoms with van der Waals surface area (Å²) in [4.78, 5) is 11.9. The van der Waals surface area contributed by atoms with E-state index in [1.54, 1.807) is 26.2 Å². The number of methoxy groups -OCH3 is 1. The van der Waals surface area contributed by atoms with Crippen molar-refractivity contribution in [2.45, 2.75) is 25.8 Å². The van der Waals surface area contributed by atoms with E-state index in [1.165, 1.54) is 0 Å². The zero-order valence-corrected chi connectivity index (χ0v) is 11.8. The van der Waals surface area contributed by atoms with Gasteiger partial charge in [-0.25, -0.2) is 0 Å². The highest BCUT2D eigenvalue weighted by Crippen LogP contribution is 2.28. The SMILES string of the molecule is CCC(C)(N)C(=O)Nc1cc(Br)ccc1OC. The molecule has 1 unspecified atom stereocenters. The summed E-state index contributed by atoms with van der Waals surface area (Å²) in [5, 5.41) is 2.77. The molecule has 17 heavy (non-hydrogen) atoms. The van der Waals surface area contributed by atoms with Gasteiger partial charge in [0.15, 0.2) is 0 Å². The number of carbonyl (C=O) groups excluding carboxylic acids is 1. The molecular formula is C12H17BrN2O2. The number of amides is 1. The molecule has 0 saturated carbocycles. The molecular weight excluding hydrogens is 284 g/mol. The second-order valence-electron chi connectivity index (χ2n) is 4.07. The highest BCUT2D eigenvalue weighted by Gasteiger charge is 2.26. The molecule has 4 nitrogen and oxygen atoms in total. The van der Waals surface area contributed by atoms with Crippen LogP contribution in [0, 0.1) is 0 Å². The maximum atomic E-state index is 11.9. The van der Waals surface area contributed by atoms with Crippen molar-refractivity contribution >= 4 is 27.5 Å². The number of halogens is 1. The molecule has 0 saturated heterocycles. The van der Waals surface area contributed by atoms with Crippen molar-refractivity contribution in [3.05, 3.63) is 22.7 Å². The smallest absolute Gasteiger partial charge is 0.244 e. The van der Waals surface area contributed by atoms with Crippen LogP contribution in [0.3, 0.4) is 0 Å². The Morgan fingerprint density at radius 2 is 2.24 bits per heavy atom. The van der Waals surface area contributed by atoms with Crippen LogP contribution >= 0.6 is 15.9 Å². The number of carbonyl (C=O) groups is 1. The van der Waals surface area contributed by atoms with E-state index in [0.29, 0.717) is 17.9 Å². The molecule has 0 heterocycles. The number of nitrogens with two attached hydrogens (primary N) is 1. The fourth-order valence-corrected chi connectivity index (χ4v) is 1.56. The second kappa shape index (κ2) is 5.51. The first-order valence-corrected chi connectivity index (χ1v) is 6.14. The van der Waals surface area contributed by atoms with Crippen molar-refractivity contribution in [3.63, 3.8) is 0 Å². The summed E-state index contributed by atoms with van der Waals surface area (Å²) in [5.41, 5.74) is 5.60. The monoisotopic (exact) mass is 300 g/mol. The van der Waals surface area contributed by atoms with E-state index in [2.05, 4.69) is 21.2 Å². The van der Waals surface area contributed by atoms with E-state index in [-0.39, 0.29) is 5.91 Å². The fraction of sp³-hybridized carbons (Fsp3) is 0.417. The number of hydrogen-bond donors (Lipinski definition) is 2. The van der Waals surface area contributed by atoms with Gasteiger partial charge in [-0.2, -0.15) is 0 Å². The van der Waals surface area contributed by atoms with Crippen molar-refractivity contribution in [2.24, 2.45) is 5.73 Å². The van der Waals surface area contributed by atoms with Gasteiger partial charge in [-0.3, -0.25) is 4.79 Å². The molecule has 94 valence electrons. The summed E-state index contributed by atoms with van der Waals surface area (Å²) in [5.74, 6) is 0.379. The van der Waals surface area contributed by atoms with Crippen LogP contribution in [0.5, 0.6) is 5.75 Å². The fourth-order valence-electron chi connectivity index (χ4n) is 1.20. The Labute approximate surface area is 110 Å². The molecule has 0 radical (unpaired) electrons. The molecule has 1 amide bonds. The molecule has 0 fully saturated rings. The Hall–Kier alpha value is -1.07. The first-order valence-electron chi connectivity index (χ1n) is 5.34. The summed E-state index contributed by atoms with van der Waals surface area (Å²) in [6, 6.07) is 5.40. The van der Waals surface area contributed by atoms with Gasteiger partial charge in [0.1, 0.15) is 5.75 Å². The van der Waals surface area contributed by atoms with E-state index in [1.807, 2.05) is 13.0 Å². The van der Waals surface area contributed by atoms with E-state index >= 15 is 0 Å². The van der Waals surface area contributed by atoms with Crippen LogP contribution < -0.4 is 15.8 Å². The van der Waals surface area contributed by atoms with Gasteiger partial charge < -0.3 is 15.8 Å². The molecule has 0 aliphatic rings. The van der Waals surface area contributed by atoms with Crippen molar-refractivity contribution < 1.29 is 9.53 Å². The Kier molecular flexibility index (Phi) is 4.54. The quantitative estimate of drug-likeness (QED) is 0.898. The lowest BCUT2D eigenvalue weighted by Crippen LogP contribution is -2.47. The lowest BCUT2D eigenvalue weighted by Gasteiger charge is -2.22. The number of rotatable bonds is 4. The maximum Gasteiger partial charge on any atom is 0.244 e.